The molecule has 6 nitrogen and oxygen atoms in total. The summed E-state index contributed by atoms with van der Waals surface area (Å²) in [6.45, 7) is 4.75. The van der Waals surface area contributed by atoms with E-state index in [-0.39, 0.29) is 22.8 Å². The highest BCUT2D eigenvalue weighted by Crippen LogP contribution is 2.35. The number of carbonyl (C=O) groups excluding carboxylic acids is 1. The number of hydrogen-bond donors (Lipinski definition) is 1. The Kier molecular flexibility index (Phi) is 8.45. The van der Waals surface area contributed by atoms with Gasteiger partial charge < -0.3 is 10.1 Å². The van der Waals surface area contributed by atoms with Gasteiger partial charge in [-0.25, -0.2) is 4.98 Å². The van der Waals surface area contributed by atoms with Crippen molar-refractivity contribution in [2.45, 2.75) is 75.4 Å². The van der Waals surface area contributed by atoms with Crippen molar-refractivity contribution in [1.82, 2.24) is 14.9 Å². The molecule has 2 aromatic heterocycles. The first-order valence-electron chi connectivity index (χ1n) is 12.0. The minimum atomic E-state index is -0.369. The number of rotatable bonds is 10. The second kappa shape index (κ2) is 11.5. The topological polar surface area (TPSA) is 73.2 Å². The lowest BCUT2D eigenvalue weighted by Crippen LogP contribution is -2.38. The molecule has 2 heterocycles. The molecule has 0 bridgehead atoms. The van der Waals surface area contributed by atoms with Crippen LogP contribution in [-0.4, -0.2) is 40.5 Å². The van der Waals surface area contributed by atoms with E-state index in [1.807, 2.05) is 32.0 Å². The van der Waals surface area contributed by atoms with E-state index in [9.17, 15) is 9.59 Å². The average Bonchev–Trinajstić information content (AvgIpc) is 3.21. The van der Waals surface area contributed by atoms with Crippen LogP contribution >= 0.6 is 23.1 Å². The van der Waals surface area contributed by atoms with Gasteiger partial charge in [-0.2, -0.15) is 0 Å². The number of aromatic nitrogens is 2. The van der Waals surface area contributed by atoms with Crippen LogP contribution in [0.5, 0.6) is 0 Å². The van der Waals surface area contributed by atoms with Gasteiger partial charge >= 0.3 is 0 Å². The van der Waals surface area contributed by atoms with Gasteiger partial charge in [-0.1, -0.05) is 42.1 Å². The number of amides is 1. The fraction of sp³-hybridized carbons (Fsp3) is 0.500. The molecule has 34 heavy (non-hydrogen) atoms. The normalized spacial score (nSPS) is 15.1. The minimum absolute atomic E-state index is 0.00668. The summed E-state index contributed by atoms with van der Waals surface area (Å²) in [7, 11) is 1.63. The molecule has 1 amide bonds. The van der Waals surface area contributed by atoms with Crippen LogP contribution in [0.25, 0.3) is 10.2 Å². The summed E-state index contributed by atoms with van der Waals surface area (Å²) in [5.41, 5.74) is 2.45. The Balaban J connectivity index is 1.49. The number of aryl methyl sites for hydroxylation is 3. The van der Waals surface area contributed by atoms with Gasteiger partial charge in [0.15, 0.2) is 5.16 Å². The summed E-state index contributed by atoms with van der Waals surface area (Å²) in [5, 5.41) is 4.12. The van der Waals surface area contributed by atoms with E-state index in [1.165, 1.54) is 34.2 Å². The maximum absolute atomic E-state index is 13.5. The van der Waals surface area contributed by atoms with Gasteiger partial charge in [0.05, 0.1) is 23.8 Å². The molecule has 8 heteroatoms. The van der Waals surface area contributed by atoms with Crippen LogP contribution in [0.2, 0.25) is 0 Å². The third kappa shape index (κ3) is 5.73. The lowest BCUT2D eigenvalue weighted by molar-refractivity contribution is -0.120. The van der Waals surface area contributed by atoms with E-state index in [2.05, 4.69) is 17.4 Å². The Labute approximate surface area is 209 Å². The smallest absolute Gasteiger partial charge is 0.263 e. The zero-order valence-electron chi connectivity index (χ0n) is 20.1. The maximum Gasteiger partial charge on any atom is 0.263 e. The lowest BCUT2D eigenvalue weighted by Gasteiger charge is -2.19. The number of hydrogen-bond acceptors (Lipinski definition) is 6. The highest BCUT2D eigenvalue weighted by molar-refractivity contribution is 8.00. The number of ether oxygens (including phenoxy) is 1. The number of nitrogens with zero attached hydrogens (tertiary/aromatic N) is 2. The number of benzene rings is 1. The monoisotopic (exact) mass is 499 g/mol. The molecule has 2 unspecified atom stereocenters. The van der Waals surface area contributed by atoms with E-state index in [4.69, 9.17) is 9.72 Å². The van der Waals surface area contributed by atoms with Crippen molar-refractivity contribution < 1.29 is 9.53 Å². The first kappa shape index (κ1) is 24.9. The summed E-state index contributed by atoms with van der Waals surface area (Å²) in [6, 6.07) is 10.4. The molecular weight excluding hydrogens is 466 g/mol. The Hall–Kier alpha value is -2.16. The largest absolute Gasteiger partial charge is 0.383 e. The average molecular weight is 500 g/mol. The predicted octanol–water partition coefficient (Wildman–Crippen LogP) is 4.60. The zero-order valence-corrected chi connectivity index (χ0v) is 21.8. The number of methoxy groups -OCH3 is 1. The highest BCUT2D eigenvalue weighted by atomic mass is 32.2. The molecule has 1 aliphatic carbocycles. The standard InChI is InChI=1S/C26H33N3O3S2/c1-17(13-14-19-9-5-4-6-10-19)27-23(30)18(2)33-26-28-24-22(25(31)29(26)15-16-32-3)20-11-7-8-12-21(20)34-24/h4-6,9-10,17-18H,7-8,11-16H2,1-3H3,(H,27,30). The Morgan fingerprint density at radius 1 is 1.24 bits per heavy atom. The maximum atomic E-state index is 13.5. The van der Waals surface area contributed by atoms with Crippen LogP contribution in [0.3, 0.4) is 0 Å². The molecule has 1 aromatic carbocycles. The highest BCUT2D eigenvalue weighted by Gasteiger charge is 2.24. The molecule has 4 rings (SSSR count). The third-order valence-corrected chi connectivity index (χ3v) is 8.58. The summed E-state index contributed by atoms with van der Waals surface area (Å²) in [4.78, 5) is 33.4. The van der Waals surface area contributed by atoms with Gasteiger partial charge in [-0.15, -0.1) is 11.3 Å². The van der Waals surface area contributed by atoms with Crippen LogP contribution in [-0.2, 0) is 35.3 Å². The Bertz CT molecular complexity index is 1190. The van der Waals surface area contributed by atoms with E-state index in [0.717, 1.165) is 42.3 Å². The number of carbonyl (C=O) groups is 1. The fourth-order valence-electron chi connectivity index (χ4n) is 4.36. The zero-order chi connectivity index (χ0) is 24.1. The summed E-state index contributed by atoms with van der Waals surface area (Å²) in [5.74, 6) is -0.0383. The van der Waals surface area contributed by atoms with Crippen LogP contribution in [0.15, 0.2) is 40.3 Å². The van der Waals surface area contributed by atoms with Crippen molar-refractivity contribution in [2.24, 2.45) is 0 Å². The van der Waals surface area contributed by atoms with Crippen molar-refractivity contribution in [1.29, 1.82) is 0 Å². The van der Waals surface area contributed by atoms with Gasteiger partial charge in [-0.05, 0) is 63.5 Å². The first-order chi connectivity index (χ1) is 16.5. The first-order valence-corrected chi connectivity index (χ1v) is 13.7. The molecule has 0 fully saturated rings. The van der Waals surface area contributed by atoms with Crippen molar-refractivity contribution in [2.75, 3.05) is 13.7 Å². The SMILES string of the molecule is COCCn1c(SC(C)C(=O)NC(C)CCc2ccccc2)nc2sc3c(c2c1=O)CCCC3. The van der Waals surface area contributed by atoms with Gasteiger partial charge in [0, 0.05) is 18.0 Å². The lowest BCUT2D eigenvalue weighted by atomic mass is 9.97. The van der Waals surface area contributed by atoms with Crippen molar-refractivity contribution in [3.05, 3.63) is 56.7 Å². The van der Waals surface area contributed by atoms with Crippen molar-refractivity contribution >= 4 is 39.2 Å². The van der Waals surface area contributed by atoms with Crippen LogP contribution in [0.1, 0.15) is 49.1 Å². The third-order valence-electron chi connectivity index (χ3n) is 6.31. The van der Waals surface area contributed by atoms with E-state index < -0.39 is 0 Å². The van der Waals surface area contributed by atoms with Crippen LogP contribution < -0.4 is 10.9 Å². The molecule has 2 atom stereocenters. The fourth-order valence-corrected chi connectivity index (χ4v) is 6.61. The molecule has 3 aromatic rings. The minimum Gasteiger partial charge on any atom is -0.383 e. The molecular formula is C26H33N3O3S2. The van der Waals surface area contributed by atoms with Crippen molar-refractivity contribution in [3.63, 3.8) is 0 Å². The molecule has 0 radical (unpaired) electrons. The van der Waals surface area contributed by atoms with Crippen LogP contribution in [0, 0.1) is 0 Å². The van der Waals surface area contributed by atoms with E-state index >= 15 is 0 Å². The summed E-state index contributed by atoms with van der Waals surface area (Å²) >= 11 is 2.99. The summed E-state index contributed by atoms with van der Waals surface area (Å²) in [6.07, 6.45) is 6.04. The predicted molar refractivity (Wildman–Crippen MR) is 140 cm³/mol. The molecule has 182 valence electrons. The van der Waals surface area contributed by atoms with Gasteiger partial charge in [0.25, 0.3) is 5.56 Å². The van der Waals surface area contributed by atoms with E-state index in [0.29, 0.717) is 18.3 Å². The second-order valence-electron chi connectivity index (χ2n) is 8.93. The molecule has 0 aliphatic heterocycles. The molecule has 1 N–H and O–H groups in total. The second-order valence-corrected chi connectivity index (χ2v) is 11.3. The van der Waals surface area contributed by atoms with Gasteiger partial charge in [0.1, 0.15) is 4.83 Å². The molecule has 0 saturated carbocycles. The number of nitrogens with one attached hydrogen (secondary N) is 1. The Morgan fingerprint density at radius 3 is 2.76 bits per heavy atom. The summed E-state index contributed by atoms with van der Waals surface area (Å²) < 4.78 is 6.95. The quantitative estimate of drug-likeness (QED) is 0.326. The molecule has 0 saturated heterocycles. The number of fused-ring (bicyclic) bond motifs is 3. The van der Waals surface area contributed by atoms with Gasteiger partial charge in [0.2, 0.25) is 5.91 Å². The van der Waals surface area contributed by atoms with Crippen LogP contribution in [0.4, 0.5) is 0 Å². The van der Waals surface area contributed by atoms with Gasteiger partial charge in [-0.3, -0.25) is 14.2 Å². The number of thioether (sulfide) groups is 1. The molecule has 0 spiro atoms. The number of thiophene rings is 1. The molecule has 1 aliphatic rings. The Morgan fingerprint density at radius 2 is 2.00 bits per heavy atom. The van der Waals surface area contributed by atoms with Crippen molar-refractivity contribution in [3.8, 4) is 0 Å². The van der Waals surface area contributed by atoms with E-state index in [1.54, 1.807) is 23.0 Å².